The van der Waals surface area contributed by atoms with Crippen LogP contribution in [0.25, 0.3) is 0 Å². The Hall–Kier alpha value is -3.54. The molecule has 144 valence electrons. The molecular weight excluding hydrogens is 356 g/mol. The van der Waals surface area contributed by atoms with Crippen LogP contribution in [0, 0.1) is 13.8 Å². The standard InChI is InChI=1S/C22H22N2O4/c1-15-5-3-6-19(16(15)2)28-14-12-21(25)23-17-8-10-18(11-9-17)24-22(26)20-7-4-13-27-20/h3-11,13H,12,14H2,1-2H3,(H,23,25)(H,24,26). The highest BCUT2D eigenvalue weighted by atomic mass is 16.5. The first-order chi connectivity index (χ1) is 13.5. The molecule has 0 atom stereocenters. The van der Waals surface area contributed by atoms with E-state index < -0.39 is 0 Å². The Morgan fingerprint density at radius 2 is 1.64 bits per heavy atom. The van der Waals surface area contributed by atoms with Gasteiger partial charge in [0.2, 0.25) is 5.91 Å². The largest absolute Gasteiger partial charge is 0.493 e. The van der Waals surface area contributed by atoms with Crippen LogP contribution in [0.5, 0.6) is 5.75 Å². The number of carbonyl (C=O) groups excluding carboxylic acids is 2. The SMILES string of the molecule is Cc1cccc(OCCC(=O)Nc2ccc(NC(=O)c3ccco3)cc2)c1C. The van der Waals surface area contributed by atoms with Gasteiger partial charge in [-0.15, -0.1) is 0 Å². The first-order valence-electron chi connectivity index (χ1n) is 8.97. The normalized spacial score (nSPS) is 10.4. The van der Waals surface area contributed by atoms with E-state index >= 15 is 0 Å². The van der Waals surface area contributed by atoms with Gasteiger partial charge in [-0.05, 0) is 67.4 Å². The maximum Gasteiger partial charge on any atom is 0.291 e. The molecule has 0 bridgehead atoms. The summed E-state index contributed by atoms with van der Waals surface area (Å²) in [6.07, 6.45) is 1.68. The Balaban J connectivity index is 1.46. The van der Waals surface area contributed by atoms with Crippen molar-refractivity contribution in [3.8, 4) is 5.75 Å². The number of benzene rings is 2. The van der Waals surface area contributed by atoms with Crippen LogP contribution in [-0.2, 0) is 4.79 Å². The molecule has 0 radical (unpaired) electrons. The molecule has 0 fully saturated rings. The van der Waals surface area contributed by atoms with E-state index in [2.05, 4.69) is 10.6 Å². The highest BCUT2D eigenvalue weighted by Gasteiger charge is 2.09. The molecule has 3 aromatic rings. The summed E-state index contributed by atoms with van der Waals surface area (Å²) in [5.41, 5.74) is 3.49. The van der Waals surface area contributed by atoms with E-state index in [1.165, 1.54) is 6.26 Å². The van der Waals surface area contributed by atoms with Crippen molar-refractivity contribution in [3.63, 3.8) is 0 Å². The van der Waals surface area contributed by atoms with Crippen molar-refractivity contribution in [2.24, 2.45) is 0 Å². The van der Waals surface area contributed by atoms with Crippen molar-refractivity contribution in [1.29, 1.82) is 0 Å². The van der Waals surface area contributed by atoms with Crippen LogP contribution in [0.3, 0.4) is 0 Å². The number of hydrogen-bond acceptors (Lipinski definition) is 4. The summed E-state index contributed by atoms with van der Waals surface area (Å²) in [6, 6.07) is 16.0. The van der Waals surface area contributed by atoms with Gasteiger partial charge in [-0.25, -0.2) is 0 Å². The lowest BCUT2D eigenvalue weighted by atomic mass is 10.1. The summed E-state index contributed by atoms with van der Waals surface area (Å²) >= 11 is 0. The van der Waals surface area contributed by atoms with Crippen LogP contribution in [0.4, 0.5) is 11.4 Å². The molecule has 1 heterocycles. The van der Waals surface area contributed by atoms with E-state index in [0.29, 0.717) is 18.0 Å². The van der Waals surface area contributed by atoms with Gasteiger partial charge < -0.3 is 19.8 Å². The number of hydrogen-bond donors (Lipinski definition) is 2. The fraction of sp³-hybridized carbons (Fsp3) is 0.182. The Bertz CT molecular complexity index is 947. The lowest BCUT2D eigenvalue weighted by Crippen LogP contribution is -2.15. The van der Waals surface area contributed by atoms with Gasteiger partial charge in [-0.2, -0.15) is 0 Å². The number of furan rings is 1. The quantitative estimate of drug-likeness (QED) is 0.632. The fourth-order valence-corrected chi connectivity index (χ4v) is 2.60. The van der Waals surface area contributed by atoms with E-state index in [4.69, 9.17) is 9.15 Å². The van der Waals surface area contributed by atoms with E-state index in [1.807, 2.05) is 32.0 Å². The Morgan fingerprint density at radius 1 is 0.929 bits per heavy atom. The lowest BCUT2D eigenvalue weighted by molar-refractivity contribution is -0.116. The zero-order valence-corrected chi connectivity index (χ0v) is 15.8. The summed E-state index contributed by atoms with van der Waals surface area (Å²) in [5.74, 6) is 0.564. The van der Waals surface area contributed by atoms with Crippen LogP contribution >= 0.6 is 0 Å². The minimum absolute atomic E-state index is 0.141. The zero-order valence-electron chi connectivity index (χ0n) is 15.8. The average molecular weight is 378 g/mol. The van der Waals surface area contributed by atoms with E-state index in [0.717, 1.165) is 16.9 Å². The predicted molar refractivity (Wildman–Crippen MR) is 108 cm³/mol. The number of aryl methyl sites for hydroxylation is 1. The third kappa shape index (κ3) is 5.01. The first-order valence-corrected chi connectivity index (χ1v) is 8.97. The summed E-state index contributed by atoms with van der Waals surface area (Å²) in [4.78, 5) is 24.0. The van der Waals surface area contributed by atoms with Gasteiger partial charge in [0.25, 0.3) is 5.91 Å². The van der Waals surface area contributed by atoms with Crippen molar-refractivity contribution in [1.82, 2.24) is 0 Å². The van der Waals surface area contributed by atoms with Crippen molar-refractivity contribution < 1.29 is 18.7 Å². The lowest BCUT2D eigenvalue weighted by Gasteiger charge is -2.11. The molecule has 3 rings (SSSR count). The molecular formula is C22H22N2O4. The van der Waals surface area contributed by atoms with E-state index in [1.54, 1.807) is 36.4 Å². The number of anilines is 2. The molecule has 0 saturated heterocycles. The topological polar surface area (TPSA) is 80.6 Å². The van der Waals surface area contributed by atoms with Crippen LogP contribution in [0.15, 0.2) is 65.3 Å². The summed E-state index contributed by atoms with van der Waals surface area (Å²) in [5, 5.41) is 5.53. The second-order valence-electron chi connectivity index (χ2n) is 6.35. The minimum atomic E-state index is -0.328. The second-order valence-corrected chi connectivity index (χ2v) is 6.35. The monoisotopic (exact) mass is 378 g/mol. The number of carbonyl (C=O) groups is 2. The molecule has 2 N–H and O–H groups in total. The minimum Gasteiger partial charge on any atom is -0.493 e. The molecule has 2 amide bonds. The number of amides is 2. The predicted octanol–water partition coefficient (Wildman–Crippen LogP) is 4.56. The molecule has 6 heteroatoms. The van der Waals surface area contributed by atoms with Crippen molar-refractivity contribution in [2.75, 3.05) is 17.2 Å². The number of nitrogens with one attached hydrogen (secondary N) is 2. The van der Waals surface area contributed by atoms with Crippen LogP contribution < -0.4 is 15.4 Å². The molecule has 0 unspecified atom stereocenters. The van der Waals surface area contributed by atoms with E-state index in [9.17, 15) is 9.59 Å². The number of rotatable bonds is 7. The molecule has 6 nitrogen and oxygen atoms in total. The molecule has 2 aromatic carbocycles. The third-order valence-corrected chi connectivity index (χ3v) is 4.31. The molecule has 0 aliphatic rings. The summed E-state index contributed by atoms with van der Waals surface area (Å²) in [6.45, 7) is 4.32. The van der Waals surface area contributed by atoms with Gasteiger partial charge in [0, 0.05) is 11.4 Å². The van der Waals surface area contributed by atoms with Gasteiger partial charge in [-0.1, -0.05) is 12.1 Å². The third-order valence-electron chi connectivity index (χ3n) is 4.31. The maximum absolute atomic E-state index is 12.1. The molecule has 0 aliphatic heterocycles. The van der Waals surface area contributed by atoms with Gasteiger partial charge in [-0.3, -0.25) is 9.59 Å². The van der Waals surface area contributed by atoms with Gasteiger partial charge in [0.15, 0.2) is 5.76 Å². The molecule has 28 heavy (non-hydrogen) atoms. The van der Waals surface area contributed by atoms with Gasteiger partial charge >= 0.3 is 0 Å². The first kappa shape index (κ1) is 19.2. The van der Waals surface area contributed by atoms with Gasteiger partial charge in [0.05, 0.1) is 19.3 Å². The second kappa shape index (κ2) is 8.90. The fourth-order valence-electron chi connectivity index (χ4n) is 2.60. The smallest absolute Gasteiger partial charge is 0.291 e. The maximum atomic E-state index is 12.1. The van der Waals surface area contributed by atoms with Crippen LogP contribution in [0.2, 0.25) is 0 Å². The zero-order chi connectivity index (χ0) is 19.9. The highest BCUT2D eigenvalue weighted by Crippen LogP contribution is 2.21. The Kier molecular flexibility index (Phi) is 6.11. The van der Waals surface area contributed by atoms with Crippen molar-refractivity contribution in [3.05, 3.63) is 77.7 Å². The highest BCUT2D eigenvalue weighted by molar-refractivity contribution is 6.02. The molecule has 0 saturated carbocycles. The van der Waals surface area contributed by atoms with Crippen molar-refractivity contribution in [2.45, 2.75) is 20.3 Å². The van der Waals surface area contributed by atoms with E-state index in [-0.39, 0.29) is 24.0 Å². The molecule has 0 spiro atoms. The van der Waals surface area contributed by atoms with Crippen molar-refractivity contribution >= 4 is 23.2 Å². The van der Waals surface area contributed by atoms with Crippen LogP contribution in [0.1, 0.15) is 28.1 Å². The molecule has 0 aliphatic carbocycles. The van der Waals surface area contributed by atoms with Crippen LogP contribution in [-0.4, -0.2) is 18.4 Å². The Labute approximate surface area is 163 Å². The Morgan fingerprint density at radius 3 is 2.32 bits per heavy atom. The number of ether oxygens (including phenoxy) is 1. The summed E-state index contributed by atoms with van der Waals surface area (Å²) < 4.78 is 10.8. The average Bonchev–Trinajstić information content (AvgIpc) is 3.22. The molecule has 1 aromatic heterocycles. The van der Waals surface area contributed by atoms with Gasteiger partial charge in [0.1, 0.15) is 5.75 Å². The summed E-state index contributed by atoms with van der Waals surface area (Å²) in [7, 11) is 0.